The molecule has 0 N–H and O–H groups in total. The molecule has 12 rings (SSSR count). The fourth-order valence-corrected chi connectivity index (χ4v) is 10.8. The predicted octanol–water partition coefficient (Wildman–Crippen LogP) is 15.3. The van der Waals surface area contributed by atoms with E-state index in [2.05, 4.69) is 196 Å². The maximum absolute atomic E-state index is 5.49. The monoisotopic (exact) mass is 756 g/mol. The van der Waals surface area contributed by atoms with Crippen LogP contribution in [0.15, 0.2) is 182 Å². The summed E-state index contributed by atoms with van der Waals surface area (Å²) in [6, 6.07) is 66.4. The third-order valence-electron chi connectivity index (χ3n) is 12.5. The second-order valence-corrected chi connectivity index (χ2v) is 17.2. The molecule has 3 heteroatoms. The lowest BCUT2D eigenvalue weighted by Gasteiger charge is -2.22. The average molecular weight is 757 g/mol. The van der Waals surface area contributed by atoms with E-state index in [1.165, 1.54) is 85.9 Å². The largest absolute Gasteiger partial charge is 0.228 e. The second-order valence-electron chi connectivity index (χ2n) is 16.1. The summed E-state index contributed by atoms with van der Waals surface area (Å²) in [5.41, 5.74) is 12.7. The highest BCUT2D eigenvalue weighted by Gasteiger charge is 2.35. The van der Waals surface area contributed by atoms with Crippen molar-refractivity contribution < 1.29 is 0 Å². The number of thiophene rings is 1. The molecule has 0 radical (unpaired) electrons. The van der Waals surface area contributed by atoms with E-state index in [-0.39, 0.29) is 5.41 Å². The Balaban J connectivity index is 1.08. The van der Waals surface area contributed by atoms with Gasteiger partial charge < -0.3 is 0 Å². The van der Waals surface area contributed by atoms with E-state index >= 15 is 0 Å². The number of benzene rings is 9. The van der Waals surface area contributed by atoms with Gasteiger partial charge in [-0.15, -0.1) is 11.3 Å². The van der Waals surface area contributed by atoms with Crippen LogP contribution < -0.4 is 0 Å². The number of aromatic nitrogens is 2. The average Bonchev–Trinajstić information content (AvgIpc) is 3.77. The zero-order valence-electron chi connectivity index (χ0n) is 32.1. The van der Waals surface area contributed by atoms with Crippen molar-refractivity contribution in [2.75, 3.05) is 0 Å². The summed E-state index contributed by atoms with van der Waals surface area (Å²) in [7, 11) is 0. The Morgan fingerprint density at radius 1 is 0.397 bits per heavy atom. The molecule has 2 aromatic heterocycles. The molecule has 272 valence electrons. The molecule has 0 bridgehead atoms. The highest BCUT2D eigenvalue weighted by Crippen LogP contribution is 2.50. The van der Waals surface area contributed by atoms with Gasteiger partial charge in [0.1, 0.15) is 0 Å². The van der Waals surface area contributed by atoms with Crippen molar-refractivity contribution in [3.05, 3.63) is 193 Å². The van der Waals surface area contributed by atoms with Gasteiger partial charge in [-0.3, -0.25) is 0 Å². The molecule has 11 aromatic rings. The molecule has 0 fully saturated rings. The van der Waals surface area contributed by atoms with Crippen molar-refractivity contribution in [1.29, 1.82) is 0 Å². The minimum absolute atomic E-state index is 0.124. The van der Waals surface area contributed by atoms with Gasteiger partial charge in [0.2, 0.25) is 0 Å². The van der Waals surface area contributed by atoms with Crippen molar-refractivity contribution in [3.63, 3.8) is 0 Å². The Bertz CT molecular complexity index is 3480. The summed E-state index contributed by atoms with van der Waals surface area (Å²) >= 11 is 1.86. The van der Waals surface area contributed by atoms with Crippen molar-refractivity contribution in [1.82, 2.24) is 9.97 Å². The molecule has 9 aromatic carbocycles. The van der Waals surface area contributed by atoms with Crippen LogP contribution in [0, 0.1) is 0 Å². The minimum Gasteiger partial charge on any atom is -0.228 e. The van der Waals surface area contributed by atoms with E-state index in [4.69, 9.17) is 9.97 Å². The summed E-state index contributed by atoms with van der Waals surface area (Å²) in [6.45, 7) is 4.68. The second kappa shape index (κ2) is 12.5. The Morgan fingerprint density at radius 2 is 1.05 bits per heavy atom. The molecule has 0 amide bonds. The Hall–Kier alpha value is -6.94. The van der Waals surface area contributed by atoms with Gasteiger partial charge in [0.25, 0.3) is 0 Å². The summed E-state index contributed by atoms with van der Waals surface area (Å²) in [5.74, 6) is 0.712. The molecule has 0 saturated carbocycles. The molecule has 1 aliphatic rings. The highest BCUT2D eigenvalue weighted by atomic mass is 32.1. The number of rotatable bonds is 4. The van der Waals surface area contributed by atoms with E-state index in [0.717, 1.165) is 28.1 Å². The van der Waals surface area contributed by atoms with Gasteiger partial charge >= 0.3 is 0 Å². The first kappa shape index (κ1) is 33.2. The maximum Gasteiger partial charge on any atom is 0.160 e. The van der Waals surface area contributed by atoms with Crippen LogP contribution in [0.1, 0.15) is 25.0 Å². The molecular formula is C55H36N2S. The minimum atomic E-state index is -0.124. The lowest BCUT2D eigenvalue weighted by atomic mass is 9.82. The summed E-state index contributed by atoms with van der Waals surface area (Å²) in [4.78, 5) is 10.9. The van der Waals surface area contributed by atoms with E-state index in [0.29, 0.717) is 5.82 Å². The van der Waals surface area contributed by atoms with Gasteiger partial charge in [-0.2, -0.15) is 0 Å². The summed E-state index contributed by atoms with van der Waals surface area (Å²) < 4.78 is 2.63. The van der Waals surface area contributed by atoms with E-state index in [9.17, 15) is 0 Å². The van der Waals surface area contributed by atoms with Gasteiger partial charge in [0.15, 0.2) is 5.82 Å². The smallest absolute Gasteiger partial charge is 0.160 e. The SMILES string of the molecule is CC1(C)c2ccccc2-c2ccc(-c3cc(-c4c5ccccc5cc5c4ccc4ccccc45)nc(-c4ccc(-c5cccc6c5sc5ccccc56)cc4)n3)cc21. The quantitative estimate of drug-likeness (QED) is 0.132. The van der Waals surface area contributed by atoms with Crippen molar-refractivity contribution in [3.8, 4) is 56.2 Å². The summed E-state index contributed by atoms with van der Waals surface area (Å²) in [6.07, 6.45) is 0. The Morgan fingerprint density at radius 3 is 1.93 bits per heavy atom. The Labute approximate surface area is 340 Å². The fraction of sp³-hybridized carbons (Fsp3) is 0.0545. The van der Waals surface area contributed by atoms with Crippen molar-refractivity contribution in [2.24, 2.45) is 0 Å². The van der Waals surface area contributed by atoms with Gasteiger partial charge in [0.05, 0.1) is 11.4 Å². The summed E-state index contributed by atoms with van der Waals surface area (Å²) in [5, 5.41) is 9.87. The highest BCUT2D eigenvalue weighted by molar-refractivity contribution is 7.26. The molecule has 58 heavy (non-hydrogen) atoms. The first-order valence-corrected chi connectivity index (χ1v) is 20.8. The van der Waals surface area contributed by atoms with Crippen LogP contribution in [0.25, 0.3) is 109 Å². The number of nitrogens with zero attached hydrogens (tertiary/aromatic N) is 2. The van der Waals surface area contributed by atoms with E-state index in [1.807, 2.05) is 11.3 Å². The molecule has 0 saturated heterocycles. The molecule has 0 atom stereocenters. The molecule has 0 aliphatic heterocycles. The molecule has 0 spiro atoms. The zero-order valence-corrected chi connectivity index (χ0v) is 32.9. The first-order chi connectivity index (χ1) is 28.5. The number of hydrogen-bond acceptors (Lipinski definition) is 3. The third-order valence-corrected chi connectivity index (χ3v) is 13.7. The molecule has 1 aliphatic carbocycles. The topological polar surface area (TPSA) is 25.8 Å². The molecular weight excluding hydrogens is 721 g/mol. The van der Waals surface area contributed by atoms with Gasteiger partial charge in [-0.1, -0.05) is 172 Å². The van der Waals surface area contributed by atoms with Crippen LogP contribution >= 0.6 is 11.3 Å². The van der Waals surface area contributed by atoms with Gasteiger partial charge in [-0.25, -0.2) is 9.97 Å². The lowest BCUT2D eigenvalue weighted by molar-refractivity contribution is 0.660. The van der Waals surface area contributed by atoms with Crippen LogP contribution in [0.4, 0.5) is 0 Å². The predicted molar refractivity (Wildman–Crippen MR) is 247 cm³/mol. The zero-order chi connectivity index (χ0) is 38.5. The van der Waals surface area contributed by atoms with Crippen LogP contribution in [0.3, 0.4) is 0 Å². The van der Waals surface area contributed by atoms with Crippen molar-refractivity contribution in [2.45, 2.75) is 19.3 Å². The van der Waals surface area contributed by atoms with E-state index in [1.54, 1.807) is 0 Å². The van der Waals surface area contributed by atoms with Gasteiger partial charge in [0, 0.05) is 42.3 Å². The van der Waals surface area contributed by atoms with Crippen molar-refractivity contribution >= 4 is 63.8 Å². The van der Waals surface area contributed by atoms with Gasteiger partial charge in [-0.05, 0) is 90.0 Å². The fourth-order valence-electron chi connectivity index (χ4n) is 9.59. The van der Waals surface area contributed by atoms with Crippen LogP contribution in [-0.4, -0.2) is 9.97 Å². The normalized spacial score (nSPS) is 13.1. The third kappa shape index (κ3) is 4.97. The lowest BCUT2D eigenvalue weighted by Crippen LogP contribution is -2.14. The van der Waals surface area contributed by atoms with Crippen LogP contribution in [0.5, 0.6) is 0 Å². The standard InChI is InChI=1S/C55H36N2S/c1-55(2)47-20-9-7-16-41(47)42-28-27-37(31-48(42)55)49-32-50(52-39-15-6-4-13-36(39)30-46-38-14-5-3-12-33(38)26-29-44(46)52)57-54(56-49)35-24-22-34(23-25-35)40-18-11-19-45-43-17-8-10-21-51(43)58-53(40)45/h3-32H,1-2H3. The Kier molecular flexibility index (Phi) is 7.18. The van der Waals surface area contributed by atoms with Crippen LogP contribution in [-0.2, 0) is 5.41 Å². The molecule has 0 unspecified atom stereocenters. The molecule has 2 heterocycles. The first-order valence-electron chi connectivity index (χ1n) is 20.0. The number of hydrogen-bond donors (Lipinski definition) is 0. The number of fused-ring (bicyclic) bond motifs is 10. The molecule has 2 nitrogen and oxygen atoms in total. The van der Waals surface area contributed by atoms with E-state index < -0.39 is 0 Å². The van der Waals surface area contributed by atoms with Crippen LogP contribution in [0.2, 0.25) is 0 Å². The maximum atomic E-state index is 5.49.